The van der Waals surface area contributed by atoms with E-state index in [1.54, 1.807) is 18.2 Å². The summed E-state index contributed by atoms with van der Waals surface area (Å²) in [6.07, 6.45) is -1.75. The molecule has 3 aromatic rings. The fourth-order valence-corrected chi connectivity index (χ4v) is 4.21. The molecule has 0 bridgehead atoms. The van der Waals surface area contributed by atoms with E-state index in [0.717, 1.165) is 24.2 Å². The van der Waals surface area contributed by atoms with E-state index in [9.17, 15) is 18.0 Å². The molecule has 1 aliphatic carbocycles. The highest BCUT2D eigenvalue weighted by atomic mass is 32.1. The predicted molar refractivity (Wildman–Crippen MR) is 119 cm³/mol. The molecular weight excluding hydrogens is 475 g/mol. The molecule has 0 spiro atoms. The van der Waals surface area contributed by atoms with Crippen LogP contribution in [-0.4, -0.2) is 48.4 Å². The van der Waals surface area contributed by atoms with Crippen LogP contribution < -0.4 is 24.8 Å². The van der Waals surface area contributed by atoms with Crippen LogP contribution in [0, 0.1) is 0 Å². The Morgan fingerprint density at radius 2 is 1.76 bits per heavy atom. The Balaban J connectivity index is 1.64. The van der Waals surface area contributed by atoms with Crippen molar-refractivity contribution in [3.05, 3.63) is 30.1 Å². The van der Waals surface area contributed by atoms with Gasteiger partial charge in [0.1, 0.15) is 0 Å². The molecule has 0 radical (unpaired) electrons. The summed E-state index contributed by atoms with van der Waals surface area (Å²) in [4.78, 5) is 24.9. The summed E-state index contributed by atoms with van der Waals surface area (Å²) in [5.74, 6) is -0.417. The van der Waals surface area contributed by atoms with Gasteiger partial charge < -0.3 is 19.5 Å². The number of rotatable bonds is 8. The van der Waals surface area contributed by atoms with Crippen LogP contribution in [0.15, 0.2) is 24.4 Å². The molecule has 4 rings (SSSR count). The Morgan fingerprint density at radius 1 is 1.09 bits per heavy atom. The van der Waals surface area contributed by atoms with Gasteiger partial charge in [0, 0.05) is 29.9 Å². The Bertz CT molecular complexity index is 1190. The highest BCUT2D eigenvalue weighted by Gasteiger charge is 2.40. The van der Waals surface area contributed by atoms with Gasteiger partial charge in [0.25, 0.3) is 0 Å². The maximum Gasteiger partial charge on any atom is 0.471 e. The van der Waals surface area contributed by atoms with Crippen LogP contribution in [0.3, 0.4) is 0 Å². The van der Waals surface area contributed by atoms with Crippen molar-refractivity contribution in [3.63, 3.8) is 0 Å². The van der Waals surface area contributed by atoms with Crippen LogP contribution in [0.2, 0.25) is 0 Å². The lowest BCUT2D eigenvalue weighted by Gasteiger charge is -2.14. The minimum atomic E-state index is -5.00. The maximum atomic E-state index is 12.7. The number of carbonyl (C=O) groups excluding carboxylic acids is 1. The van der Waals surface area contributed by atoms with Gasteiger partial charge in [0.2, 0.25) is 11.7 Å². The first kappa shape index (κ1) is 23.5. The molecule has 2 N–H and O–H groups in total. The zero-order valence-electron chi connectivity index (χ0n) is 18.3. The molecule has 13 heteroatoms. The normalized spacial score (nSPS) is 13.4. The third-order valence-corrected chi connectivity index (χ3v) is 5.91. The molecular formula is C21H20F3N5O4S. The number of anilines is 3. The second kappa shape index (κ2) is 9.33. The lowest BCUT2D eigenvalue weighted by atomic mass is 10.2. The van der Waals surface area contributed by atoms with E-state index in [-0.39, 0.29) is 17.0 Å². The van der Waals surface area contributed by atoms with Crippen LogP contribution in [0.25, 0.3) is 10.6 Å². The number of aromatic nitrogens is 3. The predicted octanol–water partition coefficient (Wildman–Crippen LogP) is 4.75. The topological polar surface area (TPSA) is 107 Å². The first-order valence-corrected chi connectivity index (χ1v) is 10.8. The Morgan fingerprint density at radius 3 is 2.32 bits per heavy atom. The fourth-order valence-electron chi connectivity index (χ4n) is 3.20. The van der Waals surface area contributed by atoms with Crippen LogP contribution >= 0.6 is 11.3 Å². The van der Waals surface area contributed by atoms with Crippen molar-refractivity contribution in [1.82, 2.24) is 15.0 Å². The van der Waals surface area contributed by atoms with Gasteiger partial charge >= 0.3 is 12.1 Å². The van der Waals surface area contributed by atoms with Crippen molar-refractivity contribution in [2.75, 3.05) is 32.0 Å². The Hall–Kier alpha value is -3.61. The van der Waals surface area contributed by atoms with E-state index >= 15 is 0 Å². The number of alkyl halides is 3. The highest BCUT2D eigenvalue weighted by Crippen LogP contribution is 2.47. The van der Waals surface area contributed by atoms with Gasteiger partial charge in [0.05, 0.1) is 37.6 Å². The summed E-state index contributed by atoms with van der Waals surface area (Å²) in [6, 6.07) is 5.00. The molecule has 9 nitrogen and oxygen atoms in total. The summed E-state index contributed by atoms with van der Waals surface area (Å²) in [5, 5.41) is 4.77. The molecule has 0 unspecified atom stereocenters. The lowest BCUT2D eigenvalue weighted by molar-refractivity contribution is -0.167. The SMILES string of the molecule is COc1cc(Nc2nccc(-c3sc(NC(=O)C(F)(F)F)nc3C3CC3)n2)cc(OC)c1OC. The van der Waals surface area contributed by atoms with Crippen LogP contribution in [-0.2, 0) is 4.79 Å². The molecule has 1 aliphatic rings. The number of thiazole rings is 1. The number of benzene rings is 1. The third kappa shape index (κ3) is 4.98. The zero-order chi connectivity index (χ0) is 24.5. The van der Waals surface area contributed by atoms with Gasteiger partial charge in [-0.3, -0.25) is 10.1 Å². The summed E-state index contributed by atoms with van der Waals surface area (Å²) in [5.41, 5.74) is 1.65. The average molecular weight is 495 g/mol. The molecule has 2 heterocycles. The largest absolute Gasteiger partial charge is 0.493 e. The summed E-state index contributed by atoms with van der Waals surface area (Å²) in [7, 11) is 4.49. The van der Waals surface area contributed by atoms with Gasteiger partial charge in [-0.25, -0.2) is 15.0 Å². The number of nitrogens with one attached hydrogen (secondary N) is 2. The van der Waals surface area contributed by atoms with Gasteiger partial charge in [-0.05, 0) is 18.9 Å². The molecule has 2 aromatic heterocycles. The van der Waals surface area contributed by atoms with Crippen molar-refractivity contribution in [2.24, 2.45) is 0 Å². The smallest absolute Gasteiger partial charge is 0.471 e. The fraction of sp³-hybridized carbons (Fsp3) is 0.333. The van der Waals surface area contributed by atoms with Gasteiger partial charge in [-0.2, -0.15) is 13.2 Å². The minimum absolute atomic E-state index is 0.115. The maximum absolute atomic E-state index is 12.7. The zero-order valence-corrected chi connectivity index (χ0v) is 19.1. The molecule has 180 valence electrons. The van der Waals surface area contributed by atoms with Gasteiger partial charge in [-0.1, -0.05) is 11.3 Å². The first-order chi connectivity index (χ1) is 16.2. The number of amides is 1. The minimum Gasteiger partial charge on any atom is -0.493 e. The number of carbonyl (C=O) groups is 1. The first-order valence-electron chi connectivity index (χ1n) is 10.0. The molecule has 1 amide bonds. The van der Waals surface area contributed by atoms with Gasteiger partial charge in [-0.15, -0.1) is 0 Å². The monoisotopic (exact) mass is 495 g/mol. The van der Waals surface area contributed by atoms with Crippen molar-refractivity contribution < 1.29 is 32.2 Å². The number of hydrogen-bond acceptors (Lipinski definition) is 9. The molecule has 1 aromatic carbocycles. The quantitative estimate of drug-likeness (QED) is 0.461. The van der Waals surface area contributed by atoms with E-state index in [1.807, 2.05) is 5.32 Å². The molecule has 1 fully saturated rings. The van der Waals surface area contributed by atoms with Crippen molar-refractivity contribution in [3.8, 4) is 27.8 Å². The number of hydrogen-bond donors (Lipinski definition) is 2. The second-order valence-corrected chi connectivity index (χ2v) is 8.26. The van der Waals surface area contributed by atoms with E-state index in [1.165, 1.54) is 27.5 Å². The van der Waals surface area contributed by atoms with Crippen LogP contribution in [0.5, 0.6) is 17.2 Å². The third-order valence-electron chi connectivity index (χ3n) is 4.90. The van der Waals surface area contributed by atoms with E-state index in [2.05, 4.69) is 20.3 Å². The van der Waals surface area contributed by atoms with Crippen molar-refractivity contribution in [1.29, 1.82) is 0 Å². The molecule has 0 atom stereocenters. The number of nitrogens with zero attached hydrogens (tertiary/aromatic N) is 3. The number of methoxy groups -OCH3 is 3. The summed E-state index contributed by atoms with van der Waals surface area (Å²) < 4.78 is 54.0. The molecule has 0 aliphatic heterocycles. The molecule has 0 saturated heterocycles. The van der Waals surface area contributed by atoms with E-state index < -0.39 is 12.1 Å². The van der Waals surface area contributed by atoms with Crippen LogP contribution in [0.1, 0.15) is 24.5 Å². The highest BCUT2D eigenvalue weighted by molar-refractivity contribution is 7.19. The van der Waals surface area contributed by atoms with Crippen LogP contribution in [0.4, 0.5) is 29.9 Å². The number of halogens is 3. The Labute approximate surface area is 196 Å². The van der Waals surface area contributed by atoms with E-state index in [0.29, 0.717) is 39.2 Å². The second-order valence-electron chi connectivity index (χ2n) is 7.26. The average Bonchev–Trinajstić information content (AvgIpc) is 3.57. The Kier molecular flexibility index (Phi) is 6.46. The number of ether oxygens (including phenoxy) is 3. The van der Waals surface area contributed by atoms with Crippen molar-refractivity contribution in [2.45, 2.75) is 24.9 Å². The molecule has 1 saturated carbocycles. The van der Waals surface area contributed by atoms with E-state index in [4.69, 9.17) is 14.2 Å². The molecule has 34 heavy (non-hydrogen) atoms. The van der Waals surface area contributed by atoms with Crippen molar-refractivity contribution >= 4 is 34.0 Å². The summed E-state index contributed by atoms with van der Waals surface area (Å²) in [6.45, 7) is 0. The summed E-state index contributed by atoms with van der Waals surface area (Å²) >= 11 is 0.940. The van der Waals surface area contributed by atoms with Gasteiger partial charge in [0.15, 0.2) is 16.6 Å². The standard InChI is InChI=1S/C21H20F3N5O4S/c1-31-13-8-11(9-14(32-2)16(13)33-3)26-19-25-7-6-12(27-19)17-15(10-4-5-10)28-20(34-17)29-18(30)21(22,23)24/h6-10H,4-5H2,1-3H3,(H,25,26,27)(H,28,29,30). The lowest BCUT2D eigenvalue weighted by Crippen LogP contribution is -2.29.